The van der Waals surface area contributed by atoms with E-state index in [2.05, 4.69) is 41.5 Å². The molecule has 0 rings (SSSR count). The molecule has 0 aromatic rings. The Balaban J connectivity index is 4.05. The molecule has 4 nitrogen and oxygen atoms in total. The molecule has 0 heterocycles. The minimum Gasteiger partial charge on any atom is -0.465 e. The molecule has 0 amide bonds. The van der Waals surface area contributed by atoms with E-state index in [1.165, 1.54) is 0 Å². The van der Waals surface area contributed by atoms with Crippen LogP contribution in [0.25, 0.3) is 0 Å². The van der Waals surface area contributed by atoms with Crippen LogP contribution >= 0.6 is 0 Å². The highest BCUT2D eigenvalue weighted by Crippen LogP contribution is 2.23. The molecule has 0 bridgehead atoms. The Hall–Kier alpha value is -1.06. The van der Waals surface area contributed by atoms with Gasteiger partial charge in [0.15, 0.2) is 0 Å². The number of rotatable bonds is 8. The van der Waals surface area contributed by atoms with Crippen molar-refractivity contribution < 1.29 is 19.1 Å². The molecule has 0 fully saturated rings. The van der Waals surface area contributed by atoms with E-state index >= 15 is 0 Å². The molecule has 0 spiro atoms. The van der Waals surface area contributed by atoms with Crippen molar-refractivity contribution in [2.75, 3.05) is 13.2 Å². The highest BCUT2D eigenvalue weighted by Gasteiger charge is 2.24. The van der Waals surface area contributed by atoms with Gasteiger partial charge in [-0.3, -0.25) is 9.59 Å². The van der Waals surface area contributed by atoms with Gasteiger partial charge in [0.05, 0.1) is 13.2 Å². The van der Waals surface area contributed by atoms with Gasteiger partial charge < -0.3 is 9.47 Å². The number of hydrogen-bond donors (Lipinski definition) is 0. The maximum absolute atomic E-state index is 11.8. The van der Waals surface area contributed by atoms with E-state index in [0.29, 0.717) is 12.8 Å². The lowest BCUT2D eigenvalue weighted by molar-refractivity contribution is -0.153. The lowest BCUT2D eigenvalue weighted by atomic mass is 9.90. The van der Waals surface area contributed by atoms with E-state index in [4.69, 9.17) is 9.47 Å². The fourth-order valence-electron chi connectivity index (χ4n) is 1.69. The smallest absolute Gasteiger partial charge is 0.305 e. The third-order valence-electron chi connectivity index (χ3n) is 3.41. The second kappa shape index (κ2) is 8.70. The molecule has 0 N–H and O–H groups in total. The topological polar surface area (TPSA) is 52.6 Å². The van der Waals surface area contributed by atoms with Crippen LogP contribution < -0.4 is 0 Å². The minimum absolute atomic E-state index is 0.122. The maximum Gasteiger partial charge on any atom is 0.305 e. The summed E-state index contributed by atoms with van der Waals surface area (Å²) < 4.78 is 10.6. The van der Waals surface area contributed by atoms with Gasteiger partial charge in [0.2, 0.25) is 0 Å². The Morgan fingerprint density at radius 2 is 0.957 bits per heavy atom. The van der Waals surface area contributed by atoms with E-state index in [1.807, 2.05) is 13.8 Å². The van der Waals surface area contributed by atoms with Crippen LogP contribution in [0.3, 0.4) is 0 Å². The first-order chi connectivity index (χ1) is 10.2. The summed E-state index contributed by atoms with van der Waals surface area (Å²) in [5.74, 6) is -0.376. The minimum atomic E-state index is -0.366. The van der Waals surface area contributed by atoms with Crippen LogP contribution in [0.2, 0.25) is 0 Å². The molecule has 0 aliphatic heterocycles. The van der Waals surface area contributed by atoms with Crippen LogP contribution in [-0.4, -0.2) is 25.2 Å². The van der Waals surface area contributed by atoms with Crippen molar-refractivity contribution in [3.05, 3.63) is 0 Å². The molecule has 0 aromatic heterocycles. The highest BCUT2D eigenvalue weighted by molar-refractivity contribution is 5.70. The molecule has 0 radical (unpaired) electrons. The molecule has 0 saturated heterocycles. The lowest BCUT2D eigenvalue weighted by Crippen LogP contribution is -2.29. The fraction of sp³-hybridized carbons (Fsp3) is 0.895. The maximum atomic E-state index is 11.8. The van der Waals surface area contributed by atoms with E-state index in [9.17, 15) is 9.59 Å². The largest absolute Gasteiger partial charge is 0.465 e. The SMILES string of the molecule is CC(C)(C)CCC(=O)OCC(C)(C)COC(=O)CCC(C)(C)C. The van der Waals surface area contributed by atoms with Crippen molar-refractivity contribution in [2.24, 2.45) is 16.2 Å². The lowest BCUT2D eigenvalue weighted by Gasteiger charge is -2.25. The number of hydrogen-bond acceptors (Lipinski definition) is 4. The van der Waals surface area contributed by atoms with Crippen molar-refractivity contribution in [1.82, 2.24) is 0 Å². The van der Waals surface area contributed by atoms with Crippen LogP contribution in [0.5, 0.6) is 0 Å². The number of carbonyl (C=O) groups excluding carboxylic acids is 2. The molecule has 23 heavy (non-hydrogen) atoms. The molecular weight excluding hydrogens is 292 g/mol. The average Bonchev–Trinajstić information content (AvgIpc) is 2.37. The Morgan fingerprint density at radius 3 is 1.22 bits per heavy atom. The fourth-order valence-corrected chi connectivity index (χ4v) is 1.69. The molecule has 0 aliphatic carbocycles. The van der Waals surface area contributed by atoms with Gasteiger partial charge in [0, 0.05) is 18.3 Å². The van der Waals surface area contributed by atoms with Crippen molar-refractivity contribution in [1.29, 1.82) is 0 Å². The number of esters is 2. The van der Waals surface area contributed by atoms with Gasteiger partial charge in [0.1, 0.15) is 0 Å². The molecular formula is C19H36O4. The Bertz CT molecular complexity index is 347. The summed E-state index contributed by atoms with van der Waals surface area (Å²) in [6.45, 7) is 17.0. The summed E-state index contributed by atoms with van der Waals surface area (Å²) >= 11 is 0. The van der Waals surface area contributed by atoms with Crippen molar-refractivity contribution in [2.45, 2.75) is 81.1 Å². The summed E-state index contributed by atoms with van der Waals surface area (Å²) in [5.41, 5.74) is -0.122. The molecule has 0 unspecified atom stereocenters. The summed E-state index contributed by atoms with van der Waals surface area (Å²) in [7, 11) is 0. The first-order valence-electron chi connectivity index (χ1n) is 8.52. The van der Waals surface area contributed by atoms with Crippen LogP contribution in [0, 0.1) is 16.2 Å². The quantitative estimate of drug-likeness (QED) is 0.603. The normalized spacial score (nSPS) is 12.9. The van der Waals surface area contributed by atoms with Crippen molar-refractivity contribution >= 4 is 11.9 Å². The molecule has 0 aromatic carbocycles. The zero-order valence-electron chi connectivity index (χ0n) is 16.4. The standard InChI is InChI=1S/C19H36O4/c1-17(2,3)11-9-15(20)22-13-19(7,8)14-23-16(21)10-12-18(4,5)6/h9-14H2,1-8H3. The third kappa shape index (κ3) is 14.3. The Labute approximate surface area is 142 Å². The predicted molar refractivity (Wildman–Crippen MR) is 93.1 cm³/mol. The van der Waals surface area contributed by atoms with E-state index < -0.39 is 0 Å². The molecule has 0 atom stereocenters. The monoisotopic (exact) mass is 328 g/mol. The predicted octanol–water partition coefficient (Wildman–Crippen LogP) is 4.75. The zero-order valence-corrected chi connectivity index (χ0v) is 16.4. The van der Waals surface area contributed by atoms with Crippen LogP contribution in [-0.2, 0) is 19.1 Å². The number of ether oxygens (including phenoxy) is 2. The van der Waals surface area contributed by atoms with Gasteiger partial charge in [-0.1, -0.05) is 55.4 Å². The second-order valence-corrected chi connectivity index (χ2v) is 9.61. The van der Waals surface area contributed by atoms with Crippen LogP contribution in [0.1, 0.15) is 81.1 Å². The first-order valence-corrected chi connectivity index (χ1v) is 8.52. The summed E-state index contributed by atoms with van der Waals surface area (Å²) in [5, 5.41) is 0. The van der Waals surface area contributed by atoms with Gasteiger partial charge in [-0.2, -0.15) is 0 Å². The molecule has 4 heteroatoms. The summed E-state index contributed by atoms with van der Waals surface area (Å²) in [6, 6.07) is 0. The van der Waals surface area contributed by atoms with Crippen molar-refractivity contribution in [3.8, 4) is 0 Å². The summed E-state index contributed by atoms with van der Waals surface area (Å²) in [4.78, 5) is 23.5. The van der Waals surface area contributed by atoms with Gasteiger partial charge in [-0.05, 0) is 23.7 Å². The zero-order chi connectivity index (χ0) is 18.3. The summed E-state index contributed by atoms with van der Waals surface area (Å²) in [6.07, 6.45) is 2.44. The van der Waals surface area contributed by atoms with Crippen LogP contribution in [0.4, 0.5) is 0 Å². The highest BCUT2D eigenvalue weighted by atomic mass is 16.5. The van der Waals surface area contributed by atoms with Gasteiger partial charge in [-0.15, -0.1) is 0 Å². The molecule has 136 valence electrons. The molecule has 0 aliphatic rings. The Kier molecular flexibility index (Phi) is 8.30. The molecule has 0 saturated carbocycles. The third-order valence-corrected chi connectivity index (χ3v) is 3.41. The van der Waals surface area contributed by atoms with E-state index in [0.717, 1.165) is 12.8 Å². The Morgan fingerprint density at radius 1 is 0.652 bits per heavy atom. The van der Waals surface area contributed by atoms with E-state index in [1.54, 1.807) is 0 Å². The first kappa shape index (κ1) is 21.9. The van der Waals surface area contributed by atoms with E-state index in [-0.39, 0.29) is 41.4 Å². The van der Waals surface area contributed by atoms with Gasteiger partial charge in [0.25, 0.3) is 0 Å². The van der Waals surface area contributed by atoms with Crippen LogP contribution in [0.15, 0.2) is 0 Å². The second-order valence-electron chi connectivity index (χ2n) is 9.61. The average molecular weight is 328 g/mol. The van der Waals surface area contributed by atoms with Gasteiger partial charge >= 0.3 is 11.9 Å². The number of carbonyl (C=O) groups is 2. The van der Waals surface area contributed by atoms with Gasteiger partial charge in [-0.25, -0.2) is 0 Å². The van der Waals surface area contributed by atoms with Crippen molar-refractivity contribution in [3.63, 3.8) is 0 Å².